The van der Waals surface area contributed by atoms with Crippen LogP contribution in [-0.4, -0.2) is 18.0 Å². The van der Waals surface area contributed by atoms with Crippen LogP contribution < -0.4 is 4.74 Å². The minimum atomic E-state index is -0.0280. The van der Waals surface area contributed by atoms with Gasteiger partial charge in [-0.2, -0.15) is 0 Å². The summed E-state index contributed by atoms with van der Waals surface area (Å²) in [4.78, 5) is 12.4. The van der Waals surface area contributed by atoms with Crippen molar-refractivity contribution in [2.45, 2.75) is 12.8 Å². The minimum absolute atomic E-state index is 0.0280. The number of fused-ring (bicyclic) bond motifs is 1. The van der Waals surface area contributed by atoms with E-state index in [0.717, 1.165) is 24.0 Å². The van der Waals surface area contributed by atoms with Crippen LogP contribution in [-0.2, 0) is 11.2 Å². The average molecular weight is 310 g/mol. The van der Waals surface area contributed by atoms with Gasteiger partial charge >= 0.3 is 0 Å². The summed E-state index contributed by atoms with van der Waals surface area (Å²) in [6.45, 7) is 8.06. The van der Waals surface area contributed by atoms with Crippen LogP contribution in [0.2, 0.25) is 0 Å². The summed E-state index contributed by atoms with van der Waals surface area (Å²) in [5, 5.41) is 9.96. The minimum Gasteiger partial charge on any atom is -0.504 e. The van der Waals surface area contributed by atoms with Gasteiger partial charge in [-0.3, -0.25) is 4.79 Å². The van der Waals surface area contributed by atoms with Crippen LogP contribution in [0.1, 0.15) is 12.0 Å². The van der Waals surface area contributed by atoms with Crippen LogP contribution >= 0.6 is 0 Å². The number of hydrogen-bond acceptors (Lipinski definition) is 3. The van der Waals surface area contributed by atoms with Crippen molar-refractivity contribution in [1.29, 1.82) is 0 Å². The van der Waals surface area contributed by atoms with Gasteiger partial charge in [0.05, 0.1) is 7.11 Å². The summed E-state index contributed by atoms with van der Waals surface area (Å²) >= 11 is 0. The molecular weight excluding hydrogens is 288 g/mol. The highest BCUT2D eigenvalue weighted by Crippen LogP contribution is 2.49. The van der Waals surface area contributed by atoms with Crippen LogP contribution in [0.25, 0.3) is 0 Å². The van der Waals surface area contributed by atoms with Crippen LogP contribution in [0.15, 0.2) is 55.2 Å². The molecule has 3 heteroatoms. The van der Waals surface area contributed by atoms with Crippen LogP contribution in [0, 0.1) is 23.7 Å². The third-order valence-electron chi connectivity index (χ3n) is 5.19. The molecule has 0 spiro atoms. The highest BCUT2D eigenvalue weighted by molar-refractivity contribution is 5.94. The molecule has 3 nitrogen and oxygen atoms in total. The molecule has 23 heavy (non-hydrogen) atoms. The molecule has 0 bridgehead atoms. The smallest absolute Gasteiger partial charge is 0.160 e. The van der Waals surface area contributed by atoms with Gasteiger partial charge in [0.25, 0.3) is 0 Å². The summed E-state index contributed by atoms with van der Waals surface area (Å²) in [7, 11) is 1.53. The molecule has 1 aromatic carbocycles. The summed E-state index contributed by atoms with van der Waals surface area (Å²) in [5.74, 6) is 1.46. The van der Waals surface area contributed by atoms with E-state index < -0.39 is 0 Å². The lowest BCUT2D eigenvalue weighted by Crippen LogP contribution is -2.29. The van der Waals surface area contributed by atoms with E-state index in [-0.39, 0.29) is 29.3 Å². The first-order valence-corrected chi connectivity index (χ1v) is 7.94. The van der Waals surface area contributed by atoms with E-state index >= 15 is 0 Å². The maximum absolute atomic E-state index is 12.4. The molecule has 0 radical (unpaired) electrons. The van der Waals surface area contributed by atoms with Gasteiger partial charge in [-0.25, -0.2) is 0 Å². The molecule has 1 saturated carbocycles. The number of carbonyl (C=O) groups excluding carboxylic acids is 1. The quantitative estimate of drug-likeness (QED) is 0.863. The first kappa shape index (κ1) is 15.6. The normalized spacial score (nSPS) is 29.4. The molecule has 0 aromatic heterocycles. The SMILES string of the molecule is C=C[C@@H]1C[C@H](Cc2ccc(OC)c(O)c2)[C@@H]2C(=O)C=CC(=C)[C@@H]21. The molecule has 0 aliphatic heterocycles. The Morgan fingerprint density at radius 1 is 1.35 bits per heavy atom. The largest absolute Gasteiger partial charge is 0.504 e. The van der Waals surface area contributed by atoms with Crippen molar-refractivity contribution < 1.29 is 14.6 Å². The van der Waals surface area contributed by atoms with Crippen LogP contribution in [0.4, 0.5) is 0 Å². The van der Waals surface area contributed by atoms with Crippen LogP contribution in [0.5, 0.6) is 11.5 Å². The van der Waals surface area contributed by atoms with Gasteiger partial charge in [-0.05, 0) is 54.4 Å². The Morgan fingerprint density at radius 3 is 2.78 bits per heavy atom. The number of ketones is 1. The molecule has 1 fully saturated rings. The van der Waals surface area contributed by atoms with E-state index in [9.17, 15) is 9.90 Å². The number of hydrogen-bond donors (Lipinski definition) is 1. The Balaban J connectivity index is 1.86. The van der Waals surface area contributed by atoms with E-state index in [1.54, 1.807) is 18.2 Å². The molecule has 1 N–H and O–H groups in total. The number of benzene rings is 1. The topological polar surface area (TPSA) is 46.5 Å². The zero-order valence-corrected chi connectivity index (χ0v) is 13.4. The van der Waals surface area contributed by atoms with Gasteiger partial charge in [-0.1, -0.05) is 30.4 Å². The Kier molecular flexibility index (Phi) is 4.12. The molecule has 2 aliphatic rings. The van der Waals surface area contributed by atoms with E-state index in [0.29, 0.717) is 11.7 Å². The lowest BCUT2D eigenvalue weighted by atomic mass is 9.75. The van der Waals surface area contributed by atoms with Crippen molar-refractivity contribution in [1.82, 2.24) is 0 Å². The summed E-state index contributed by atoms with van der Waals surface area (Å²) in [6, 6.07) is 5.45. The Morgan fingerprint density at radius 2 is 2.13 bits per heavy atom. The third kappa shape index (κ3) is 2.72. The molecule has 0 saturated heterocycles. The predicted octanol–water partition coefficient (Wildman–Crippen LogP) is 3.69. The fourth-order valence-electron chi connectivity index (χ4n) is 4.15. The Labute approximate surface area is 137 Å². The molecule has 2 aliphatic carbocycles. The maximum Gasteiger partial charge on any atom is 0.160 e. The summed E-state index contributed by atoms with van der Waals surface area (Å²) < 4.78 is 5.08. The van der Waals surface area contributed by atoms with Crippen molar-refractivity contribution >= 4 is 5.78 Å². The van der Waals surface area contributed by atoms with E-state index in [4.69, 9.17) is 4.74 Å². The summed E-state index contributed by atoms with van der Waals surface area (Å²) in [5.41, 5.74) is 2.05. The van der Waals surface area contributed by atoms with Gasteiger partial charge in [0.2, 0.25) is 0 Å². The second kappa shape index (κ2) is 6.07. The fraction of sp³-hybridized carbons (Fsp3) is 0.350. The molecule has 1 aromatic rings. The van der Waals surface area contributed by atoms with Gasteiger partial charge in [0.15, 0.2) is 17.3 Å². The number of carbonyl (C=O) groups is 1. The van der Waals surface area contributed by atoms with Gasteiger partial charge in [0, 0.05) is 5.92 Å². The van der Waals surface area contributed by atoms with Crippen molar-refractivity contribution in [3.63, 3.8) is 0 Å². The maximum atomic E-state index is 12.4. The van der Waals surface area contributed by atoms with Gasteiger partial charge in [0.1, 0.15) is 0 Å². The first-order valence-electron chi connectivity index (χ1n) is 7.94. The first-order chi connectivity index (χ1) is 11.0. The average Bonchev–Trinajstić information content (AvgIpc) is 2.91. The molecule has 0 amide bonds. The molecule has 3 rings (SSSR count). The number of allylic oxidation sites excluding steroid dienone is 4. The number of phenolic OH excluding ortho intramolecular Hbond substituents is 1. The second-order valence-electron chi connectivity index (χ2n) is 6.47. The van der Waals surface area contributed by atoms with Crippen molar-refractivity contribution in [3.8, 4) is 11.5 Å². The number of rotatable bonds is 4. The Bertz CT molecular complexity index is 686. The van der Waals surface area contributed by atoms with Crippen molar-refractivity contribution in [3.05, 3.63) is 60.7 Å². The molecule has 0 heterocycles. The van der Waals surface area contributed by atoms with E-state index in [2.05, 4.69) is 13.2 Å². The molecule has 120 valence electrons. The van der Waals surface area contributed by atoms with Gasteiger partial charge < -0.3 is 9.84 Å². The number of ether oxygens (including phenoxy) is 1. The van der Waals surface area contributed by atoms with E-state index in [1.807, 2.05) is 18.2 Å². The number of aromatic hydroxyl groups is 1. The van der Waals surface area contributed by atoms with Crippen molar-refractivity contribution in [2.75, 3.05) is 7.11 Å². The fourth-order valence-corrected chi connectivity index (χ4v) is 4.15. The van der Waals surface area contributed by atoms with Crippen LogP contribution in [0.3, 0.4) is 0 Å². The second-order valence-corrected chi connectivity index (χ2v) is 6.47. The zero-order valence-electron chi connectivity index (χ0n) is 13.4. The molecular formula is C20H22O3. The number of phenols is 1. The Hall–Kier alpha value is -2.29. The number of methoxy groups -OCH3 is 1. The zero-order chi connectivity index (χ0) is 16.6. The molecule has 4 atom stereocenters. The lowest BCUT2D eigenvalue weighted by molar-refractivity contribution is -0.120. The standard InChI is InChI=1S/C20H22O3/c1-4-14-11-15(20-16(21)7-5-12(2)19(14)20)9-13-6-8-18(23-3)17(22)10-13/h4-8,10,14-15,19-20,22H,1-2,9,11H2,3H3/t14-,15+,19-,20-/m1/s1. The van der Waals surface area contributed by atoms with Crippen molar-refractivity contribution in [2.24, 2.45) is 23.7 Å². The highest BCUT2D eigenvalue weighted by atomic mass is 16.5. The predicted molar refractivity (Wildman–Crippen MR) is 90.4 cm³/mol. The highest BCUT2D eigenvalue weighted by Gasteiger charge is 2.46. The lowest BCUT2D eigenvalue weighted by Gasteiger charge is -2.28. The summed E-state index contributed by atoms with van der Waals surface area (Å²) in [6.07, 6.45) is 7.16. The monoisotopic (exact) mass is 310 g/mol. The van der Waals surface area contributed by atoms with Gasteiger partial charge in [-0.15, -0.1) is 6.58 Å². The van der Waals surface area contributed by atoms with E-state index in [1.165, 1.54) is 7.11 Å². The third-order valence-corrected chi connectivity index (χ3v) is 5.19. The molecule has 0 unspecified atom stereocenters.